The maximum Gasteiger partial charge on any atom is 0.416 e. The van der Waals surface area contributed by atoms with Crippen LogP contribution in [0.4, 0.5) is 9.59 Å². The Bertz CT molecular complexity index is 882. The number of benzene rings is 1. The zero-order valence-corrected chi connectivity index (χ0v) is 22.3. The smallest absolute Gasteiger partial charge is 0.416 e. The molecule has 0 spiro atoms. The van der Waals surface area contributed by atoms with Gasteiger partial charge in [0, 0.05) is 28.7 Å². The Hall–Kier alpha value is -1.97. The van der Waals surface area contributed by atoms with E-state index in [2.05, 4.69) is 15.4 Å². The van der Waals surface area contributed by atoms with E-state index in [1.54, 1.807) is 13.0 Å². The van der Waals surface area contributed by atoms with E-state index in [1.165, 1.54) is 0 Å². The third kappa shape index (κ3) is 8.36. The number of aliphatic hydroxyl groups excluding tert-OH is 1. The molecule has 0 saturated carbocycles. The molecule has 3 atom stereocenters. The lowest BCUT2D eigenvalue weighted by Crippen LogP contribution is -2.51. The fraction of sp³-hybridized carbons (Fsp3) is 0.625. The third-order valence-corrected chi connectivity index (χ3v) is 8.19. The van der Waals surface area contributed by atoms with Crippen molar-refractivity contribution >= 4 is 39.9 Å². The van der Waals surface area contributed by atoms with Crippen molar-refractivity contribution < 1.29 is 24.2 Å². The number of hydrogen-bond acceptors (Lipinski definition) is 5. The number of carbonyl (C=O) groups is 3. The summed E-state index contributed by atoms with van der Waals surface area (Å²) in [6, 6.07) is 7.39. The van der Waals surface area contributed by atoms with Gasteiger partial charge in [-0.25, -0.2) is 4.79 Å². The minimum atomic E-state index is -1.61. The van der Waals surface area contributed by atoms with E-state index in [0.29, 0.717) is 30.2 Å². The second-order valence-electron chi connectivity index (χ2n) is 10.2. The number of carbonyl (C=O) groups excluding carboxylic acids is 3. The lowest BCUT2D eigenvalue weighted by Gasteiger charge is -2.34. The topological polar surface area (TPSA) is 117 Å². The molecule has 3 unspecified atom stereocenters. The minimum Gasteiger partial charge on any atom is -0.448 e. The van der Waals surface area contributed by atoms with Gasteiger partial charge in [-0.05, 0) is 43.4 Å². The van der Waals surface area contributed by atoms with Gasteiger partial charge in [0.15, 0.2) is 0 Å². The first-order valence-electron chi connectivity index (χ1n) is 11.5. The number of halogens is 1. The molecule has 8 nitrogen and oxygen atoms in total. The van der Waals surface area contributed by atoms with Gasteiger partial charge in [0.05, 0.1) is 12.1 Å². The molecule has 0 aromatic heterocycles. The van der Waals surface area contributed by atoms with Crippen molar-refractivity contribution in [3.8, 4) is 0 Å². The number of thiol groups is 1. The van der Waals surface area contributed by atoms with Crippen LogP contribution < -0.4 is 15.4 Å². The Morgan fingerprint density at radius 2 is 2.03 bits per heavy atom. The van der Waals surface area contributed by atoms with E-state index in [4.69, 9.17) is 16.3 Å². The van der Waals surface area contributed by atoms with Crippen molar-refractivity contribution in [1.82, 2.24) is 15.4 Å². The summed E-state index contributed by atoms with van der Waals surface area (Å²) < 4.78 is 8.22. The van der Waals surface area contributed by atoms with Crippen molar-refractivity contribution in [1.29, 1.82) is 0 Å². The van der Waals surface area contributed by atoms with Gasteiger partial charge in [0.2, 0.25) is 5.91 Å². The first-order chi connectivity index (χ1) is 15.8. The van der Waals surface area contributed by atoms with Gasteiger partial charge in [-0.3, -0.25) is 14.3 Å². The van der Waals surface area contributed by atoms with Crippen LogP contribution in [0.1, 0.15) is 53.0 Å². The maximum absolute atomic E-state index is 13.1. The molecular weight excluding hydrogens is 478 g/mol. The van der Waals surface area contributed by atoms with Crippen LogP contribution in [0.2, 0.25) is 5.02 Å². The van der Waals surface area contributed by atoms with Gasteiger partial charge in [-0.2, -0.15) is 0 Å². The Balaban J connectivity index is 2.01. The second kappa shape index (κ2) is 12.1. The van der Waals surface area contributed by atoms with Gasteiger partial charge in [-0.1, -0.05) is 62.5 Å². The van der Waals surface area contributed by atoms with Crippen molar-refractivity contribution in [2.75, 3.05) is 25.5 Å². The van der Waals surface area contributed by atoms with E-state index in [1.807, 2.05) is 45.9 Å². The molecule has 1 fully saturated rings. The highest BCUT2D eigenvalue weighted by atomic mass is 35.5. The zero-order chi connectivity index (χ0) is 25.5. The molecular formula is C24H38ClN3O5S. The van der Waals surface area contributed by atoms with Gasteiger partial charge in [0.25, 0.3) is 5.24 Å². The molecule has 1 aliphatic heterocycles. The van der Waals surface area contributed by atoms with Crippen LogP contribution >= 0.6 is 22.7 Å². The number of hydrogen-bond donors (Lipinski definition) is 5. The summed E-state index contributed by atoms with van der Waals surface area (Å²) >= 11 is 4.48. The van der Waals surface area contributed by atoms with Crippen molar-refractivity contribution in [2.45, 2.75) is 58.4 Å². The van der Waals surface area contributed by atoms with Crippen LogP contribution in [0.25, 0.3) is 0 Å². The van der Waals surface area contributed by atoms with E-state index >= 15 is 0 Å². The number of rotatable bonds is 9. The molecule has 0 bridgehead atoms. The molecule has 0 aliphatic carbocycles. The standard InChI is InChI=1S/C24H38ClN3O5S/c1-16(2)13-34(22(32)27-24(5,14-29)12-17-9-10-26-20(17)30)28-21(31)33-15-23(3,4)18-7-6-8-19(25)11-18/h6-8,11,16-17,29,34H,9-10,12-15H2,1-5H3,(H,26,30)(H,27,32)(H,28,31). The van der Waals surface area contributed by atoms with Gasteiger partial charge in [-0.15, -0.1) is 0 Å². The zero-order valence-electron chi connectivity index (χ0n) is 20.6. The minimum absolute atomic E-state index is 0.0672. The van der Waals surface area contributed by atoms with Crippen LogP contribution in [-0.2, 0) is 14.9 Å². The summed E-state index contributed by atoms with van der Waals surface area (Å²) in [4.78, 5) is 37.7. The second-order valence-corrected chi connectivity index (χ2v) is 12.5. The molecule has 34 heavy (non-hydrogen) atoms. The highest BCUT2D eigenvalue weighted by molar-refractivity contribution is 8.28. The molecule has 1 aromatic carbocycles. The lowest BCUT2D eigenvalue weighted by atomic mass is 9.86. The SMILES string of the molecule is CC(C)C[SH](NC(=O)OCC(C)(C)c1cccc(Cl)c1)C(=O)NC(C)(CO)CC1CCNC1=O. The lowest BCUT2D eigenvalue weighted by molar-refractivity contribution is -0.123. The van der Waals surface area contributed by atoms with E-state index in [0.717, 1.165) is 5.56 Å². The van der Waals surface area contributed by atoms with Gasteiger partial charge < -0.3 is 20.5 Å². The molecule has 3 amide bonds. The Labute approximate surface area is 210 Å². The van der Waals surface area contributed by atoms with Crippen LogP contribution in [0.5, 0.6) is 0 Å². The summed E-state index contributed by atoms with van der Waals surface area (Å²) in [5, 5.41) is 15.9. The number of ether oxygens (including phenoxy) is 1. The van der Waals surface area contributed by atoms with Crippen LogP contribution in [0.3, 0.4) is 0 Å². The van der Waals surface area contributed by atoms with E-state index in [-0.39, 0.29) is 36.2 Å². The predicted octanol–water partition coefficient (Wildman–Crippen LogP) is 3.90. The van der Waals surface area contributed by atoms with E-state index in [9.17, 15) is 19.5 Å². The molecule has 1 heterocycles. The fourth-order valence-corrected chi connectivity index (χ4v) is 5.76. The maximum atomic E-state index is 13.1. The molecule has 0 radical (unpaired) electrons. The van der Waals surface area contributed by atoms with Gasteiger partial charge in [0.1, 0.15) is 6.61 Å². The highest BCUT2D eigenvalue weighted by Gasteiger charge is 2.36. The van der Waals surface area contributed by atoms with Crippen LogP contribution in [-0.4, -0.2) is 53.4 Å². The summed E-state index contributed by atoms with van der Waals surface area (Å²) in [7, 11) is 0. The summed E-state index contributed by atoms with van der Waals surface area (Å²) in [6.07, 6.45) is 0.320. The average Bonchev–Trinajstić information content (AvgIpc) is 3.15. The molecule has 2 rings (SSSR count). The molecule has 1 saturated heterocycles. The largest absolute Gasteiger partial charge is 0.448 e. The van der Waals surface area contributed by atoms with Crippen LogP contribution in [0.15, 0.2) is 24.3 Å². The Morgan fingerprint density at radius 3 is 2.59 bits per heavy atom. The average molecular weight is 516 g/mol. The molecule has 10 heteroatoms. The summed E-state index contributed by atoms with van der Waals surface area (Å²) in [6.45, 7) is 9.92. The number of nitrogens with one attached hydrogen (secondary N) is 3. The van der Waals surface area contributed by atoms with Crippen molar-refractivity contribution in [2.24, 2.45) is 11.8 Å². The number of amides is 3. The summed E-state index contributed by atoms with van der Waals surface area (Å²) in [5.41, 5.74) is -0.506. The molecule has 1 aliphatic rings. The number of aliphatic hydroxyl groups is 1. The Kier molecular flexibility index (Phi) is 10.1. The summed E-state index contributed by atoms with van der Waals surface area (Å²) in [5.74, 6) is 0.281. The normalized spacial score (nSPS) is 19.2. The van der Waals surface area contributed by atoms with Crippen molar-refractivity contribution in [3.63, 3.8) is 0 Å². The van der Waals surface area contributed by atoms with Crippen LogP contribution in [0, 0.1) is 11.8 Å². The first-order valence-corrected chi connectivity index (χ1v) is 13.4. The first kappa shape index (κ1) is 28.3. The Morgan fingerprint density at radius 1 is 1.32 bits per heavy atom. The monoisotopic (exact) mass is 515 g/mol. The van der Waals surface area contributed by atoms with E-state index < -0.39 is 28.1 Å². The fourth-order valence-electron chi connectivity index (χ4n) is 3.79. The third-order valence-electron chi connectivity index (χ3n) is 5.81. The molecule has 1 aromatic rings. The quantitative estimate of drug-likeness (QED) is 0.320. The predicted molar refractivity (Wildman–Crippen MR) is 137 cm³/mol. The van der Waals surface area contributed by atoms with Gasteiger partial charge >= 0.3 is 6.09 Å². The van der Waals surface area contributed by atoms with Crippen molar-refractivity contribution in [3.05, 3.63) is 34.9 Å². The highest BCUT2D eigenvalue weighted by Crippen LogP contribution is 2.30. The molecule has 4 N–H and O–H groups in total. The molecule has 192 valence electrons.